The number of carbonyl (C=O) groups excluding carboxylic acids is 3. The van der Waals surface area contributed by atoms with Crippen molar-refractivity contribution in [3.05, 3.63) is 70.8 Å². The number of amides is 3. The van der Waals surface area contributed by atoms with Crippen LogP contribution in [0, 0.1) is 6.92 Å². The van der Waals surface area contributed by atoms with Crippen molar-refractivity contribution in [2.45, 2.75) is 52.0 Å². The first-order chi connectivity index (χ1) is 16.3. The summed E-state index contributed by atoms with van der Waals surface area (Å²) in [6, 6.07) is 10.7. The number of hydrogen-bond donors (Lipinski definition) is 4. The Kier molecular flexibility index (Phi) is 9.41. The van der Waals surface area contributed by atoms with Crippen molar-refractivity contribution in [1.29, 1.82) is 0 Å². The van der Waals surface area contributed by atoms with Gasteiger partial charge in [0.2, 0.25) is 11.8 Å². The molecule has 0 spiro atoms. The molecule has 0 aliphatic rings. The fraction of sp³-hybridized carbons (Fsp3) is 0.400. The van der Waals surface area contributed by atoms with Gasteiger partial charge >= 0.3 is 6.18 Å². The average Bonchev–Trinajstić information content (AvgIpc) is 2.76. The van der Waals surface area contributed by atoms with Crippen LogP contribution in [0.1, 0.15) is 47.8 Å². The average molecular weight is 493 g/mol. The Morgan fingerprint density at radius 1 is 0.971 bits per heavy atom. The Morgan fingerprint density at radius 3 is 2.29 bits per heavy atom. The van der Waals surface area contributed by atoms with Crippen LogP contribution in [-0.4, -0.2) is 42.4 Å². The largest absolute Gasteiger partial charge is 0.416 e. The van der Waals surface area contributed by atoms with Gasteiger partial charge in [0.15, 0.2) is 0 Å². The maximum atomic E-state index is 12.9. The van der Waals surface area contributed by atoms with E-state index in [0.29, 0.717) is 12.6 Å². The quantitative estimate of drug-likeness (QED) is 0.433. The summed E-state index contributed by atoms with van der Waals surface area (Å²) in [4.78, 5) is 37.4. The van der Waals surface area contributed by atoms with E-state index in [1.165, 1.54) is 6.07 Å². The molecule has 0 aliphatic carbocycles. The molecule has 2 rings (SSSR count). The van der Waals surface area contributed by atoms with Gasteiger partial charge in [-0.05, 0) is 57.0 Å². The Labute approximate surface area is 202 Å². The van der Waals surface area contributed by atoms with Crippen molar-refractivity contribution in [3.8, 4) is 0 Å². The predicted molar refractivity (Wildman–Crippen MR) is 126 cm³/mol. The first-order valence-corrected chi connectivity index (χ1v) is 11.1. The van der Waals surface area contributed by atoms with Crippen LogP contribution in [0.15, 0.2) is 48.5 Å². The number of nitrogens with one attached hydrogen (secondary N) is 4. The molecule has 0 unspecified atom stereocenters. The molecule has 3 amide bonds. The Balaban J connectivity index is 1.98. The van der Waals surface area contributed by atoms with Gasteiger partial charge in [-0.3, -0.25) is 14.4 Å². The van der Waals surface area contributed by atoms with Crippen LogP contribution < -0.4 is 21.3 Å². The zero-order valence-electron chi connectivity index (χ0n) is 20.2. The van der Waals surface area contributed by atoms with Gasteiger partial charge in [0, 0.05) is 24.2 Å². The molecule has 35 heavy (non-hydrogen) atoms. The van der Waals surface area contributed by atoms with Crippen molar-refractivity contribution >= 4 is 17.7 Å². The molecule has 190 valence electrons. The molecule has 0 aromatic heterocycles. The molecule has 0 bridgehead atoms. The van der Waals surface area contributed by atoms with Crippen LogP contribution in [0.5, 0.6) is 0 Å². The molecule has 0 saturated heterocycles. The maximum absolute atomic E-state index is 12.9. The third-order valence-electron chi connectivity index (χ3n) is 4.94. The molecule has 0 heterocycles. The maximum Gasteiger partial charge on any atom is 0.416 e. The van der Waals surface area contributed by atoms with Crippen molar-refractivity contribution in [2.75, 3.05) is 13.1 Å². The van der Waals surface area contributed by atoms with E-state index in [-0.39, 0.29) is 12.1 Å². The topological polar surface area (TPSA) is 99.3 Å². The van der Waals surface area contributed by atoms with Gasteiger partial charge in [-0.25, -0.2) is 0 Å². The van der Waals surface area contributed by atoms with Gasteiger partial charge in [0.25, 0.3) is 5.91 Å². The van der Waals surface area contributed by atoms with Gasteiger partial charge in [-0.15, -0.1) is 0 Å². The molecule has 1 atom stereocenters. The van der Waals surface area contributed by atoms with E-state index in [1.54, 1.807) is 20.8 Å². The summed E-state index contributed by atoms with van der Waals surface area (Å²) in [5, 5.41) is 10.8. The summed E-state index contributed by atoms with van der Waals surface area (Å²) in [5.41, 5.74) is 0.398. The number of hydrogen-bond acceptors (Lipinski definition) is 4. The minimum absolute atomic E-state index is 0.129. The molecule has 7 nitrogen and oxygen atoms in total. The molecule has 4 N–H and O–H groups in total. The highest BCUT2D eigenvalue weighted by molar-refractivity contribution is 5.97. The number of rotatable bonds is 9. The third-order valence-corrected chi connectivity index (χ3v) is 4.94. The van der Waals surface area contributed by atoms with Gasteiger partial charge in [0.1, 0.15) is 6.04 Å². The minimum Gasteiger partial charge on any atom is -0.350 e. The summed E-state index contributed by atoms with van der Waals surface area (Å²) in [6.07, 6.45) is -4.59. The van der Waals surface area contributed by atoms with Gasteiger partial charge < -0.3 is 21.3 Å². The molecule has 0 aliphatic heterocycles. The van der Waals surface area contributed by atoms with E-state index in [4.69, 9.17) is 0 Å². The number of aryl methyl sites for hydroxylation is 1. The first kappa shape index (κ1) is 27.8. The summed E-state index contributed by atoms with van der Waals surface area (Å²) in [6.45, 7) is 7.49. The van der Waals surface area contributed by atoms with Crippen LogP contribution in [0.3, 0.4) is 0 Å². The van der Waals surface area contributed by atoms with E-state index in [1.807, 2.05) is 31.2 Å². The normalized spacial score (nSPS) is 12.5. The van der Waals surface area contributed by atoms with Crippen LogP contribution >= 0.6 is 0 Å². The lowest BCUT2D eigenvalue weighted by molar-refractivity contribution is -0.137. The second kappa shape index (κ2) is 11.8. The Hall–Kier alpha value is -3.40. The summed E-state index contributed by atoms with van der Waals surface area (Å²) in [5.74, 6) is -1.90. The van der Waals surface area contributed by atoms with Crippen molar-refractivity contribution in [2.24, 2.45) is 0 Å². The molecular weight excluding hydrogens is 461 g/mol. The predicted octanol–water partition coefficient (Wildman–Crippen LogP) is 2.93. The highest BCUT2D eigenvalue weighted by Gasteiger charge is 2.31. The highest BCUT2D eigenvalue weighted by Crippen LogP contribution is 2.29. The molecule has 0 radical (unpaired) electrons. The van der Waals surface area contributed by atoms with Crippen LogP contribution in [-0.2, 0) is 22.3 Å². The Bertz CT molecular complexity index is 1050. The summed E-state index contributed by atoms with van der Waals surface area (Å²) < 4.78 is 38.6. The SMILES string of the molecule is Cc1ccccc1CNC[C@H](NC(=O)CNC(=O)c1cccc(C(F)(F)F)c1)C(=O)NC(C)(C)C. The lowest BCUT2D eigenvalue weighted by Crippen LogP contribution is -2.56. The fourth-order valence-corrected chi connectivity index (χ4v) is 3.17. The highest BCUT2D eigenvalue weighted by atomic mass is 19.4. The molecular formula is C25H31F3N4O3. The molecule has 2 aromatic rings. The number of halogens is 3. The van der Waals surface area contributed by atoms with E-state index in [9.17, 15) is 27.6 Å². The second-order valence-corrected chi connectivity index (χ2v) is 9.18. The fourth-order valence-electron chi connectivity index (χ4n) is 3.17. The smallest absolute Gasteiger partial charge is 0.350 e. The zero-order valence-corrected chi connectivity index (χ0v) is 20.2. The number of alkyl halides is 3. The molecule has 10 heteroatoms. The van der Waals surface area contributed by atoms with Crippen molar-refractivity contribution in [1.82, 2.24) is 21.3 Å². The van der Waals surface area contributed by atoms with Crippen LogP contribution in [0.25, 0.3) is 0 Å². The Morgan fingerprint density at radius 2 is 1.66 bits per heavy atom. The van der Waals surface area contributed by atoms with Crippen molar-refractivity contribution in [3.63, 3.8) is 0 Å². The number of benzene rings is 2. The first-order valence-electron chi connectivity index (χ1n) is 11.1. The van der Waals surface area contributed by atoms with E-state index in [2.05, 4.69) is 21.3 Å². The second-order valence-electron chi connectivity index (χ2n) is 9.18. The minimum atomic E-state index is -4.59. The van der Waals surface area contributed by atoms with E-state index < -0.39 is 47.6 Å². The van der Waals surface area contributed by atoms with Crippen LogP contribution in [0.2, 0.25) is 0 Å². The lowest BCUT2D eigenvalue weighted by Gasteiger charge is -2.26. The molecule has 0 fully saturated rings. The summed E-state index contributed by atoms with van der Waals surface area (Å²) in [7, 11) is 0. The third kappa shape index (κ3) is 9.40. The lowest BCUT2D eigenvalue weighted by atomic mass is 10.1. The van der Waals surface area contributed by atoms with E-state index in [0.717, 1.165) is 23.3 Å². The van der Waals surface area contributed by atoms with Gasteiger partial charge in [0.05, 0.1) is 12.1 Å². The zero-order chi connectivity index (χ0) is 26.2. The van der Waals surface area contributed by atoms with Crippen molar-refractivity contribution < 1.29 is 27.6 Å². The van der Waals surface area contributed by atoms with Gasteiger partial charge in [-0.2, -0.15) is 13.2 Å². The molecule has 2 aromatic carbocycles. The van der Waals surface area contributed by atoms with Gasteiger partial charge in [-0.1, -0.05) is 30.3 Å². The standard InChI is InChI=1S/C25H31F3N4O3/c1-16-8-5-6-9-18(16)13-29-14-20(23(35)32-24(2,3)4)31-21(33)15-30-22(34)17-10-7-11-19(12-17)25(26,27)28/h5-12,20,29H,13-15H2,1-4H3,(H,30,34)(H,31,33)(H,32,35)/t20-/m0/s1. The van der Waals surface area contributed by atoms with E-state index >= 15 is 0 Å². The number of carbonyl (C=O) groups is 3. The van der Waals surface area contributed by atoms with Crippen LogP contribution in [0.4, 0.5) is 13.2 Å². The molecule has 0 saturated carbocycles. The summed E-state index contributed by atoms with van der Waals surface area (Å²) >= 11 is 0. The monoisotopic (exact) mass is 492 g/mol.